The predicted octanol–water partition coefficient (Wildman–Crippen LogP) is 3.60. The molecular formula is C10H8BrClN2. The predicted molar refractivity (Wildman–Crippen MR) is 61.0 cm³/mol. The molecule has 1 aromatic carbocycles. The summed E-state index contributed by atoms with van der Waals surface area (Å²) in [6, 6.07) is 5.89. The number of rotatable bonds is 1. The Balaban J connectivity index is 2.52. The van der Waals surface area contributed by atoms with Gasteiger partial charge in [0.25, 0.3) is 0 Å². The van der Waals surface area contributed by atoms with E-state index in [1.807, 2.05) is 31.3 Å². The van der Waals surface area contributed by atoms with Crippen molar-refractivity contribution in [2.45, 2.75) is 6.92 Å². The molecule has 0 aliphatic carbocycles. The average molecular weight is 272 g/mol. The van der Waals surface area contributed by atoms with Gasteiger partial charge >= 0.3 is 0 Å². The van der Waals surface area contributed by atoms with E-state index in [0.717, 1.165) is 15.7 Å². The zero-order chi connectivity index (χ0) is 10.1. The van der Waals surface area contributed by atoms with E-state index >= 15 is 0 Å². The van der Waals surface area contributed by atoms with Gasteiger partial charge in [-0.2, -0.15) is 5.10 Å². The second kappa shape index (κ2) is 3.75. The lowest BCUT2D eigenvalue weighted by Crippen LogP contribution is -1.95. The van der Waals surface area contributed by atoms with E-state index in [4.69, 9.17) is 11.6 Å². The van der Waals surface area contributed by atoms with Crippen LogP contribution < -0.4 is 0 Å². The Morgan fingerprint density at radius 3 is 2.79 bits per heavy atom. The minimum absolute atomic E-state index is 0.709. The van der Waals surface area contributed by atoms with Gasteiger partial charge in [0.15, 0.2) is 0 Å². The first-order chi connectivity index (χ1) is 6.66. The van der Waals surface area contributed by atoms with E-state index in [-0.39, 0.29) is 0 Å². The number of benzene rings is 1. The molecule has 0 aliphatic heterocycles. The van der Waals surface area contributed by atoms with Crippen molar-refractivity contribution in [1.82, 2.24) is 9.78 Å². The Hall–Kier alpha value is -0.800. The summed E-state index contributed by atoms with van der Waals surface area (Å²) in [6.07, 6.45) is 3.60. The molecule has 0 amide bonds. The Bertz CT molecular complexity index is 465. The summed E-state index contributed by atoms with van der Waals surface area (Å²) < 4.78 is 2.68. The minimum atomic E-state index is 0.709. The number of aromatic nitrogens is 2. The molecule has 0 aliphatic rings. The maximum atomic E-state index is 6.10. The highest BCUT2D eigenvalue weighted by Crippen LogP contribution is 2.22. The van der Waals surface area contributed by atoms with Crippen LogP contribution in [0.3, 0.4) is 0 Å². The van der Waals surface area contributed by atoms with Crippen molar-refractivity contribution in [3.63, 3.8) is 0 Å². The zero-order valence-electron chi connectivity index (χ0n) is 7.54. The van der Waals surface area contributed by atoms with Crippen molar-refractivity contribution in [1.29, 1.82) is 0 Å². The summed E-state index contributed by atoms with van der Waals surface area (Å²) in [5.74, 6) is 0. The molecule has 0 saturated heterocycles. The SMILES string of the molecule is Cc1ccc(-n2cc(Br)cn2)c(Cl)c1. The van der Waals surface area contributed by atoms with Crippen LogP contribution in [0.25, 0.3) is 5.69 Å². The van der Waals surface area contributed by atoms with E-state index in [9.17, 15) is 0 Å². The number of halogens is 2. The fraction of sp³-hybridized carbons (Fsp3) is 0.100. The number of aryl methyl sites for hydroxylation is 1. The molecule has 1 heterocycles. The third kappa shape index (κ3) is 1.83. The zero-order valence-corrected chi connectivity index (χ0v) is 9.88. The smallest absolute Gasteiger partial charge is 0.0832 e. The van der Waals surface area contributed by atoms with Crippen molar-refractivity contribution in [3.05, 3.63) is 45.7 Å². The molecule has 0 unspecified atom stereocenters. The summed E-state index contributed by atoms with van der Waals surface area (Å²) in [5, 5.41) is 4.87. The molecule has 2 rings (SSSR count). The van der Waals surface area contributed by atoms with Crippen LogP contribution >= 0.6 is 27.5 Å². The lowest BCUT2D eigenvalue weighted by atomic mass is 10.2. The normalized spacial score (nSPS) is 10.5. The molecule has 2 aromatic rings. The summed E-state index contributed by atoms with van der Waals surface area (Å²) in [4.78, 5) is 0. The van der Waals surface area contributed by atoms with Crippen LogP contribution in [0.5, 0.6) is 0 Å². The standard InChI is InChI=1S/C10H8BrClN2/c1-7-2-3-10(9(12)4-7)14-6-8(11)5-13-14/h2-6H,1H3. The van der Waals surface area contributed by atoms with Crippen molar-refractivity contribution in [3.8, 4) is 5.69 Å². The van der Waals surface area contributed by atoms with Crippen LogP contribution in [-0.2, 0) is 0 Å². The fourth-order valence-corrected chi connectivity index (χ4v) is 1.84. The first-order valence-electron chi connectivity index (χ1n) is 4.13. The second-order valence-corrected chi connectivity index (χ2v) is 4.38. The highest BCUT2D eigenvalue weighted by Gasteiger charge is 2.03. The molecule has 0 bridgehead atoms. The monoisotopic (exact) mass is 270 g/mol. The molecule has 2 nitrogen and oxygen atoms in total. The maximum absolute atomic E-state index is 6.10. The van der Waals surface area contributed by atoms with Crippen molar-refractivity contribution < 1.29 is 0 Å². The van der Waals surface area contributed by atoms with Gasteiger partial charge in [0.05, 0.1) is 21.4 Å². The molecule has 72 valence electrons. The van der Waals surface area contributed by atoms with Gasteiger partial charge in [-0.05, 0) is 40.5 Å². The van der Waals surface area contributed by atoms with E-state index < -0.39 is 0 Å². The third-order valence-corrected chi connectivity index (χ3v) is 2.61. The molecule has 0 atom stereocenters. The topological polar surface area (TPSA) is 17.8 Å². The van der Waals surface area contributed by atoms with Crippen molar-refractivity contribution >= 4 is 27.5 Å². The largest absolute Gasteiger partial charge is 0.238 e. The molecule has 0 spiro atoms. The summed E-state index contributed by atoms with van der Waals surface area (Å²) in [6.45, 7) is 2.01. The maximum Gasteiger partial charge on any atom is 0.0832 e. The Labute approximate surface area is 95.6 Å². The Kier molecular flexibility index (Phi) is 2.61. The van der Waals surface area contributed by atoms with Crippen LogP contribution in [-0.4, -0.2) is 9.78 Å². The van der Waals surface area contributed by atoms with Gasteiger partial charge in [-0.15, -0.1) is 0 Å². The van der Waals surface area contributed by atoms with Crippen LogP contribution in [0.2, 0.25) is 5.02 Å². The molecule has 1 aromatic heterocycles. The quantitative estimate of drug-likeness (QED) is 0.775. The summed E-state index contributed by atoms with van der Waals surface area (Å²) in [5.41, 5.74) is 2.04. The Morgan fingerprint density at radius 1 is 1.43 bits per heavy atom. The lowest BCUT2D eigenvalue weighted by molar-refractivity contribution is 0.880. The molecule has 0 N–H and O–H groups in total. The highest BCUT2D eigenvalue weighted by molar-refractivity contribution is 9.10. The number of hydrogen-bond donors (Lipinski definition) is 0. The lowest BCUT2D eigenvalue weighted by Gasteiger charge is -2.04. The van der Waals surface area contributed by atoms with Crippen LogP contribution in [0.4, 0.5) is 0 Å². The first kappa shape index (κ1) is 9.74. The van der Waals surface area contributed by atoms with E-state index in [1.165, 1.54) is 0 Å². The van der Waals surface area contributed by atoms with Crippen LogP contribution in [0, 0.1) is 6.92 Å². The summed E-state index contributed by atoms with van der Waals surface area (Å²) in [7, 11) is 0. The van der Waals surface area contributed by atoms with E-state index in [1.54, 1.807) is 10.9 Å². The molecular weight excluding hydrogens is 263 g/mol. The third-order valence-electron chi connectivity index (χ3n) is 1.90. The molecule has 0 radical (unpaired) electrons. The highest BCUT2D eigenvalue weighted by atomic mass is 79.9. The van der Waals surface area contributed by atoms with Gasteiger partial charge in [0.1, 0.15) is 0 Å². The first-order valence-corrected chi connectivity index (χ1v) is 5.30. The minimum Gasteiger partial charge on any atom is -0.238 e. The van der Waals surface area contributed by atoms with E-state index in [2.05, 4.69) is 21.0 Å². The fourth-order valence-electron chi connectivity index (χ4n) is 1.23. The van der Waals surface area contributed by atoms with Gasteiger partial charge in [0, 0.05) is 6.20 Å². The number of nitrogens with zero attached hydrogens (tertiary/aromatic N) is 2. The Morgan fingerprint density at radius 2 is 2.21 bits per heavy atom. The molecule has 4 heteroatoms. The van der Waals surface area contributed by atoms with Gasteiger partial charge in [-0.25, -0.2) is 4.68 Å². The number of hydrogen-bond acceptors (Lipinski definition) is 1. The van der Waals surface area contributed by atoms with Gasteiger partial charge in [-0.1, -0.05) is 17.7 Å². The van der Waals surface area contributed by atoms with Crippen LogP contribution in [0.15, 0.2) is 35.1 Å². The average Bonchev–Trinajstić information content (AvgIpc) is 2.51. The van der Waals surface area contributed by atoms with Gasteiger partial charge < -0.3 is 0 Å². The molecule has 14 heavy (non-hydrogen) atoms. The van der Waals surface area contributed by atoms with Crippen LogP contribution in [0.1, 0.15) is 5.56 Å². The van der Waals surface area contributed by atoms with Gasteiger partial charge in [-0.3, -0.25) is 0 Å². The molecule has 0 fully saturated rings. The second-order valence-electron chi connectivity index (χ2n) is 3.06. The van der Waals surface area contributed by atoms with Crippen molar-refractivity contribution in [2.24, 2.45) is 0 Å². The summed E-state index contributed by atoms with van der Waals surface area (Å²) >= 11 is 9.44. The van der Waals surface area contributed by atoms with Gasteiger partial charge in [0.2, 0.25) is 0 Å². The molecule has 0 saturated carbocycles. The van der Waals surface area contributed by atoms with Crippen molar-refractivity contribution in [2.75, 3.05) is 0 Å². The van der Waals surface area contributed by atoms with E-state index in [0.29, 0.717) is 5.02 Å².